The van der Waals surface area contributed by atoms with Gasteiger partial charge in [0.1, 0.15) is 11.5 Å². The lowest BCUT2D eigenvalue weighted by Gasteiger charge is -2.35. The Kier molecular flexibility index (Phi) is 5.67. The summed E-state index contributed by atoms with van der Waals surface area (Å²) in [6.45, 7) is 1.61. The third kappa shape index (κ3) is 4.31. The van der Waals surface area contributed by atoms with E-state index in [4.69, 9.17) is 21.6 Å². The normalized spacial score (nSPS) is 16.7. The Morgan fingerprint density at radius 2 is 1.88 bits per heavy atom. The molecule has 8 nitrogen and oxygen atoms in total. The standard InChI is InChI=1S/C22H21ClF3N7O/c1-31-16(10-17(30-31)22(24,25)26)21(34)33-8-6-32(7-9-33)18-12-28-19(13-2-3-13)20(29-18)14-4-5-27-11-15(14)23/h4-5,10-13H,2-3,6-9H2,1H3. The van der Waals surface area contributed by atoms with Crippen LogP contribution in [0.15, 0.2) is 30.7 Å². The summed E-state index contributed by atoms with van der Waals surface area (Å²) in [5.74, 6) is 0.555. The number of aromatic nitrogens is 5. The Labute approximate surface area is 198 Å². The maximum Gasteiger partial charge on any atom is 0.435 e. The molecule has 0 N–H and O–H groups in total. The number of hydrogen-bond acceptors (Lipinski definition) is 6. The fourth-order valence-corrected chi connectivity index (χ4v) is 4.28. The van der Waals surface area contributed by atoms with Crippen molar-refractivity contribution in [1.29, 1.82) is 0 Å². The Bertz CT molecular complexity index is 1230. The number of nitrogens with zero attached hydrogens (tertiary/aromatic N) is 7. The van der Waals surface area contributed by atoms with Crippen molar-refractivity contribution < 1.29 is 18.0 Å². The number of anilines is 1. The molecule has 5 rings (SSSR count). The lowest BCUT2D eigenvalue weighted by molar-refractivity contribution is -0.141. The summed E-state index contributed by atoms with van der Waals surface area (Å²) in [7, 11) is 1.33. The highest BCUT2D eigenvalue weighted by Crippen LogP contribution is 2.44. The molecular formula is C22H21ClF3N7O. The van der Waals surface area contributed by atoms with Crippen molar-refractivity contribution in [3.05, 3.63) is 52.8 Å². The summed E-state index contributed by atoms with van der Waals surface area (Å²) in [5, 5.41) is 3.93. The van der Waals surface area contributed by atoms with Gasteiger partial charge in [0.05, 0.1) is 22.6 Å². The molecule has 2 fully saturated rings. The van der Waals surface area contributed by atoms with Gasteiger partial charge >= 0.3 is 6.18 Å². The van der Waals surface area contributed by atoms with Crippen molar-refractivity contribution in [2.45, 2.75) is 24.9 Å². The van der Waals surface area contributed by atoms with Crippen molar-refractivity contribution >= 4 is 23.3 Å². The van der Waals surface area contributed by atoms with E-state index in [1.54, 1.807) is 18.6 Å². The fraction of sp³-hybridized carbons (Fsp3) is 0.409. The van der Waals surface area contributed by atoms with Crippen LogP contribution in [0.1, 0.15) is 40.6 Å². The number of pyridine rings is 1. The molecule has 12 heteroatoms. The van der Waals surface area contributed by atoms with Gasteiger partial charge in [-0.1, -0.05) is 11.6 Å². The molecule has 0 radical (unpaired) electrons. The van der Waals surface area contributed by atoms with Gasteiger partial charge in [-0.3, -0.25) is 19.4 Å². The van der Waals surface area contributed by atoms with Crippen molar-refractivity contribution in [2.75, 3.05) is 31.1 Å². The van der Waals surface area contributed by atoms with Crippen molar-refractivity contribution in [1.82, 2.24) is 29.6 Å². The van der Waals surface area contributed by atoms with Gasteiger partial charge in [0.25, 0.3) is 5.91 Å². The van der Waals surface area contributed by atoms with E-state index in [1.807, 2.05) is 11.0 Å². The summed E-state index contributed by atoms with van der Waals surface area (Å²) < 4.78 is 39.8. The molecule has 0 aromatic carbocycles. The number of carbonyl (C=O) groups excluding carboxylic acids is 1. The predicted octanol–water partition coefficient (Wildman–Crippen LogP) is 3.78. The summed E-state index contributed by atoms with van der Waals surface area (Å²) in [4.78, 5) is 30.0. The number of halogens is 4. The van der Waals surface area contributed by atoms with Crippen LogP contribution in [-0.2, 0) is 13.2 Å². The van der Waals surface area contributed by atoms with Crippen molar-refractivity contribution in [2.24, 2.45) is 7.05 Å². The first-order valence-electron chi connectivity index (χ1n) is 10.8. The molecule has 1 amide bonds. The maximum absolute atomic E-state index is 13.0. The Balaban J connectivity index is 1.33. The average molecular weight is 492 g/mol. The van der Waals surface area contributed by atoms with Crippen LogP contribution in [0.25, 0.3) is 11.3 Å². The first-order chi connectivity index (χ1) is 16.2. The molecule has 0 atom stereocenters. The smallest absolute Gasteiger partial charge is 0.352 e. The van der Waals surface area contributed by atoms with E-state index >= 15 is 0 Å². The Hall–Kier alpha value is -3.21. The molecule has 3 aromatic heterocycles. The lowest BCUT2D eigenvalue weighted by atomic mass is 10.1. The van der Waals surface area contributed by atoms with E-state index in [2.05, 4.69) is 10.1 Å². The van der Waals surface area contributed by atoms with Crippen molar-refractivity contribution in [3.63, 3.8) is 0 Å². The van der Waals surface area contributed by atoms with E-state index in [9.17, 15) is 18.0 Å². The van der Waals surface area contributed by atoms with Gasteiger partial charge in [-0.15, -0.1) is 0 Å². The second kappa shape index (κ2) is 8.53. The van der Waals surface area contributed by atoms with Gasteiger partial charge in [-0.05, 0) is 18.9 Å². The quantitative estimate of drug-likeness (QED) is 0.552. The van der Waals surface area contributed by atoms with Crippen LogP contribution in [0.3, 0.4) is 0 Å². The molecule has 2 aliphatic rings. The summed E-state index contributed by atoms with van der Waals surface area (Å²) >= 11 is 6.38. The van der Waals surface area contributed by atoms with Crippen LogP contribution < -0.4 is 4.90 Å². The molecule has 1 saturated carbocycles. The summed E-state index contributed by atoms with van der Waals surface area (Å²) in [5.41, 5.74) is 1.26. The number of carbonyl (C=O) groups is 1. The second-order valence-corrected chi connectivity index (χ2v) is 8.81. The molecule has 1 saturated heterocycles. The monoisotopic (exact) mass is 491 g/mol. The van der Waals surface area contributed by atoms with Gasteiger partial charge < -0.3 is 9.80 Å². The van der Waals surface area contributed by atoms with E-state index in [-0.39, 0.29) is 5.69 Å². The molecular weight excluding hydrogens is 471 g/mol. The minimum absolute atomic E-state index is 0.0935. The molecule has 0 unspecified atom stereocenters. The zero-order valence-corrected chi connectivity index (χ0v) is 19.0. The highest BCUT2D eigenvalue weighted by molar-refractivity contribution is 6.33. The predicted molar refractivity (Wildman–Crippen MR) is 119 cm³/mol. The van der Waals surface area contributed by atoms with Crippen LogP contribution in [0.4, 0.5) is 19.0 Å². The summed E-state index contributed by atoms with van der Waals surface area (Å²) in [6, 6.07) is 2.61. The number of amides is 1. The van der Waals surface area contributed by atoms with Crippen LogP contribution >= 0.6 is 11.6 Å². The average Bonchev–Trinajstić information content (AvgIpc) is 3.59. The molecule has 4 heterocycles. The number of piperazine rings is 1. The third-order valence-corrected chi connectivity index (χ3v) is 6.36. The van der Waals surface area contributed by atoms with Crippen LogP contribution in [0.5, 0.6) is 0 Å². The van der Waals surface area contributed by atoms with E-state index in [0.29, 0.717) is 42.9 Å². The van der Waals surface area contributed by atoms with Crippen LogP contribution in [0, 0.1) is 0 Å². The maximum atomic E-state index is 13.0. The minimum atomic E-state index is -4.60. The molecule has 0 spiro atoms. The van der Waals surface area contributed by atoms with Crippen LogP contribution in [0.2, 0.25) is 5.02 Å². The second-order valence-electron chi connectivity index (χ2n) is 8.41. The van der Waals surface area contributed by atoms with Gasteiger partial charge in [0, 0.05) is 63.2 Å². The zero-order chi connectivity index (χ0) is 24.0. The van der Waals surface area contributed by atoms with Crippen LogP contribution in [-0.4, -0.2) is 61.7 Å². The van der Waals surface area contributed by atoms with E-state index in [0.717, 1.165) is 40.5 Å². The molecule has 34 heavy (non-hydrogen) atoms. The van der Waals surface area contributed by atoms with E-state index < -0.39 is 17.8 Å². The van der Waals surface area contributed by atoms with E-state index in [1.165, 1.54) is 11.9 Å². The number of aryl methyl sites for hydroxylation is 1. The number of hydrogen-bond donors (Lipinski definition) is 0. The Morgan fingerprint density at radius 3 is 2.50 bits per heavy atom. The van der Waals surface area contributed by atoms with Gasteiger partial charge in [0.2, 0.25) is 0 Å². The van der Waals surface area contributed by atoms with Gasteiger partial charge in [0.15, 0.2) is 5.69 Å². The Morgan fingerprint density at radius 1 is 1.15 bits per heavy atom. The first-order valence-corrected chi connectivity index (χ1v) is 11.2. The highest BCUT2D eigenvalue weighted by atomic mass is 35.5. The number of rotatable bonds is 4. The number of alkyl halides is 3. The highest BCUT2D eigenvalue weighted by Gasteiger charge is 2.36. The molecule has 1 aliphatic carbocycles. The molecule has 0 bridgehead atoms. The SMILES string of the molecule is Cn1nc(C(F)(F)F)cc1C(=O)N1CCN(c2cnc(C3CC3)c(-c3ccncc3Cl)n2)CC1. The van der Waals surface area contributed by atoms with Crippen molar-refractivity contribution in [3.8, 4) is 11.3 Å². The van der Waals surface area contributed by atoms with Gasteiger partial charge in [-0.25, -0.2) is 4.98 Å². The molecule has 178 valence electrons. The molecule has 1 aliphatic heterocycles. The fourth-order valence-electron chi connectivity index (χ4n) is 4.07. The third-order valence-electron chi connectivity index (χ3n) is 6.06. The largest absolute Gasteiger partial charge is 0.435 e. The molecule has 3 aromatic rings. The lowest BCUT2D eigenvalue weighted by Crippen LogP contribution is -2.49. The van der Waals surface area contributed by atoms with Gasteiger partial charge in [-0.2, -0.15) is 18.3 Å². The zero-order valence-electron chi connectivity index (χ0n) is 18.3. The topological polar surface area (TPSA) is 80.0 Å². The summed E-state index contributed by atoms with van der Waals surface area (Å²) in [6.07, 6.45) is 2.51. The first kappa shape index (κ1) is 22.6. The minimum Gasteiger partial charge on any atom is -0.352 e.